The van der Waals surface area contributed by atoms with Crippen LogP contribution in [-0.4, -0.2) is 29.4 Å². The van der Waals surface area contributed by atoms with E-state index in [1.54, 1.807) is 6.92 Å². The van der Waals surface area contributed by atoms with Crippen molar-refractivity contribution in [2.45, 2.75) is 24.4 Å². The molecule has 0 radical (unpaired) electrons. The molecule has 1 amide bonds. The van der Waals surface area contributed by atoms with E-state index in [2.05, 4.69) is 26.1 Å². The number of esters is 1. The van der Waals surface area contributed by atoms with Gasteiger partial charge in [0.2, 0.25) is 5.91 Å². The Morgan fingerprint density at radius 2 is 1.90 bits per heavy atom. The Bertz CT molecular complexity index is 1080. The number of rotatable bonds is 3. The van der Waals surface area contributed by atoms with Crippen molar-refractivity contribution in [2.24, 2.45) is 5.92 Å². The van der Waals surface area contributed by atoms with E-state index in [0.717, 1.165) is 21.3 Å². The summed E-state index contributed by atoms with van der Waals surface area (Å²) < 4.78 is 6.43. The predicted molar refractivity (Wildman–Crippen MR) is 118 cm³/mol. The third-order valence-corrected chi connectivity index (χ3v) is 7.01. The van der Waals surface area contributed by atoms with Crippen molar-refractivity contribution >= 4 is 33.5 Å². The quantitative estimate of drug-likeness (QED) is 0.688. The zero-order valence-electron chi connectivity index (χ0n) is 16.4. The zero-order valence-corrected chi connectivity index (χ0v) is 18.0. The van der Waals surface area contributed by atoms with Crippen LogP contribution in [0, 0.1) is 5.92 Å². The SMILES string of the molecule is CCOC(=O)[C@H]1[C@H](c2ccccc2)N2C=CC=C(Br)[C@H]2[C@]12C(=O)Nc1ccccc12. The van der Waals surface area contributed by atoms with Gasteiger partial charge in [0.05, 0.1) is 18.7 Å². The van der Waals surface area contributed by atoms with Crippen LogP contribution in [0.3, 0.4) is 0 Å². The maximum absolute atomic E-state index is 13.7. The summed E-state index contributed by atoms with van der Waals surface area (Å²) in [7, 11) is 0. The Morgan fingerprint density at radius 3 is 2.67 bits per heavy atom. The molecule has 0 aromatic heterocycles. The van der Waals surface area contributed by atoms with Crippen LogP contribution in [0.2, 0.25) is 0 Å². The summed E-state index contributed by atoms with van der Waals surface area (Å²) >= 11 is 3.71. The molecule has 5 rings (SSSR count). The molecule has 1 fully saturated rings. The molecular formula is C24H21BrN2O3. The van der Waals surface area contributed by atoms with E-state index in [4.69, 9.17) is 4.74 Å². The molecular weight excluding hydrogens is 444 g/mol. The number of nitrogens with zero attached hydrogens (tertiary/aromatic N) is 1. The molecule has 1 saturated heterocycles. The second-order valence-electron chi connectivity index (χ2n) is 7.70. The number of para-hydroxylation sites is 1. The molecule has 4 atom stereocenters. The first-order valence-corrected chi connectivity index (χ1v) is 10.8. The number of hydrogen-bond donors (Lipinski definition) is 1. The standard InChI is InChI=1S/C24H21BrN2O3/c1-2-30-22(28)19-20(15-9-4-3-5-10-15)27-14-8-12-17(25)21(27)24(19)16-11-6-7-13-18(16)26-23(24)29/h3-14,19-21H,2H2,1H3,(H,26,29)/t19-,20+,21+,24-/m1/s1. The normalized spacial score (nSPS) is 28.7. The molecule has 1 spiro atoms. The Morgan fingerprint density at radius 1 is 1.17 bits per heavy atom. The lowest BCUT2D eigenvalue weighted by Crippen LogP contribution is -2.51. The molecule has 152 valence electrons. The maximum atomic E-state index is 13.7. The van der Waals surface area contributed by atoms with Crippen molar-refractivity contribution in [3.63, 3.8) is 0 Å². The Hall–Kier alpha value is -2.86. The summed E-state index contributed by atoms with van der Waals surface area (Å²) in [4.78, 5) is 29.4. The highest BCUT2D eigenvalue weighted by atomic mass is 79.9. The summed E-state index contributed by atoms with van der Waals surface area (Å²) in [5, 5.41) is 3.04. The van der Waals surface area contributed by atoms with Crippen LogP contribution in [0.15, 0.2) is 77.4 Å². The lowest BCUT2D eigenvalue weighted by atomic mass is 9.66. The van der Waals surface area contributed by atoms with E-state index < -0.39 is 11.3 Å². The number of allylic oxidation sites excluding steroid dienone is 2. The number of carbonyl (C=O) groups is 2. The van der Waals surface area contributed by atoms with Crippen molar-refractivity contribution < 1.29 is 14.3 Å². The largest absolute Gasteiger partial charge is 0.466 e. The first-order chi connectivity index (χ1) is 14.6. The first-order valence-electron chi connectivity index (χ1n) is 10.0. The third kappa shape index (κ3) is 2.46. The summed E-state index contributed by atoms with van der Waals surface area (Å²) in [6, 6.07) is 16.8. The summed E-state index contributed by atoms with van der Waals surface area (Å²) in [5.74, 6) is -1.24. The minimum Gasteiger partial charge on any atom is -0.466 e. The van der Waals surface area contributed by atoms with Gasteiger partial charge < -0.3 is 15.0 Å². The average molecular weight is 465 g/mol. The van der Waals surface area contributed by atoms with Crippen LogP contribution in [0.5, 0.6) is 0 Å². The van der Waals surface area contributed by atoms with Gasteiger partial charge in [0.15, 0.2) is 0 Å². The smallest absolute Gasteiger partial charge is 0.312 e. The van der Waals surface area contributed by atoms with Gasteiger partial charge in [-0.25, -0.2) is 0 Å². The van der Waals surface area contributed by atoms with Crippen molar-refractivity contribution in [1.82, 2.24) is 4.90 Å². The highest BCUT2D eigenvalue weighted by Crippen LogP contribution is 2.61. The lowest BCUT2D eigenvalue weighted by Gasteiger charge is -2.36. The molecule has 3 aliphatic heterocycles. The molecule has 2 aromatic carbocycles. The van der Waals surface area contributed by atoms with Gasteiger partial charge in [-0.2, -0.15) is 0 Å². The fourth-order valence-corrected chi connectivity index (χ4v) is 6.04. The van der Waals surface area contributed by atoms with Crippen LogP contribution < -0.4 is 5.32 Å². The van der Waals surface area contributed by atoms with E-state index in [1.165, 1.54) is 0 Å². The predicted octanol–water partition coefficient (Wildman–Crippen LogP) is 4.29. The van der Waals surface area contributed by atoms with E-state index in [9.17, 15) is 9.59 Å². The number of carbonyl (C=O) groups excluding carboxylic acids is 2. The summed E-state index contributed by atoms with van der Waals surface area (Å²) in [6.45, 7) is 2.05. The molecule has 0 saturated carbocycles. The molecule has 5 nitrogen and oxygen atoms in total. The second-order valence-corrected chi connectivity index (χ2v) is 8.61. The molecule has 6 heteroatoms. The van der Waals surface area contributed by atoms with Gasteiger partial charge in [-0.1, -0.05) is 64.5 Å². The van der Waals surface area contributed by atoms with Crippen molar-refractivity contribution in [1.29, 1.82) is 0 Å². The number of fused-ring (bicyclic) bond motifs is 4. The molecule has 0 bridgehead atoms. The van der Waals surface area contributed by atoms with Gasteiger partial charge in [-0.05, 0) is 36.3 Å². The van der Waals surface area contributed by atoms with E-state index in [0.29, 0.717) is 0 Å². The summed E-state index contributed by atoms with van der Waals surface area (Å²) in [5.41, 5.74) is 1.45. The minimum atomic E-state index is -1.11. The van der Waals surface area contributed by atoms with Gasteiger partial charge in [-0.3, -0.25) is 9.59 Å². The molecule has 30 heavy (non-hydrogen) atoms. The lowest BCUT2D eigenvalue weighted by molar-refractivity contribution is -0.152. The topological polar surface area (TPSA) is 58.6 Å². The molecule has 0 unspecified atom stereocenters. The Labute approximate surface area is 183 Å². The number of benzene rings is 2. The highest BCUT2D eigenvalue weighted by molar-refractivity contribution is 9.11. The third-order valence-electron chi connectivity index (χ3n) is 6.31. The number of nitrogens with one attached hydrogen (secondary N) is 1. The van der Waals surface area contributed by atoms with Gasteiger partial charge in [0.1, 0.15) is 11.3 Å². The minimum absolute atomic E-state index is 0.171. The van der Waals surface area contributed by atoms with Crippen LogP contribution >= 0.6 is 15.9 Å². The summed E-state index contributed by atoms with van der Waals surface area (Å²) in [6.07, 6.45) is 5.87. The van der Waals surface area contributed by atoms with Crippen LogP contribution in [0.4, 0.5) is 5.69 Å². The fourth-order valence-electron chi connectivity index (χ4n) is 5.29. The second kappa shape index (κ2) is 7.13. The monoisotopic (exact) mass is 464 g/mol. The van der Waals surface area contributed by atoms with E-state index >= 15 is 0 Å². The van der Waals surface area contributed by atoms with Crippen LogP contribution in [0.1, 0.15) is 24.1 Å². The fraction of sp³-hybridized carbons (Fsp3) is 0.250. The van der Waals surface area contributed by atoms with Gasteiger partial charge in [0, 0.05) is 16.4 Å². The number of halogens is 1. The zero-order chi connectivity index (χ0) is 20.9. The van der Waals surface area contributed by atoms with Gasteiger partial charge in [0.25, 0.3) is 0 Å². The van der Waals surface area contributed by atoms with Gasteiger partial charge in [-0.15, -0.1) is 0 Å². The first kappa shape index (κ1) is 19.1. The van der Waals surface area contributed by atoms with E-state index in [-0.39, 0.29) is 30.6 Å². The molecule has 1 N–H and O–H groups in total. The average Bonchev–Trinajstić information content (AvgIpc) is 3.23. The van der Waals surface area contributed by atoms with Crippen molar-refractivity contribution in [3.8, 4) is 0 Å². The van der Waals surface area contributed by atoms with Gasteiger partial charge >= 0.3 is 5.97 Å². The van der Waals surface area contributed by atoms with Crippen LogP contribution in [0.25, 0.3) is 0 Å². The molecule has 3 heterocycles. The Kier molecular flexibility index (Phi) is 4.54. The number of ether oxygens (including phenoxy) is 1. The van der Waals surface area contributed by atoms with Crippen molar-refractivity contribution in [2.75, 3.05) is 11.9 Å². The molecule has 0 aliphatic carbocycles. The number of anilines is 1. The highest BCUT2D eigenvalue weighted by Gasteiger charge is 2.70. The maximum Gasteiger partial charge on any atom is 0.312 e. The van der Waals surface area contributed by atoms with Crippen LogP contribution in [-0.2, 0) is 19.7 Å². The molecule has 3 aliphatic rings. The number of hydrogen-bond acceptors (Lipinski definition) is 4. The van der Waals surface area contributed by atoms with E-state index in [1.807, 2.05) is 72.9 Å². The molecule has 2 aromatic rings. The Balaban J connectivity index is 1.82. The number of amides is 1. The van der Waals surface area contributed by atoms with Crippen molar-refractivity contribution in [3.05, 3.63) is 88.6 Å².